The zero-order chi connectivity index (χ0) is 11.3. The maximum atomic E-state index is 5.67. The standard InChI is InChI=1S/C12H15BrClN/c1-9(7-15-8-10(2)14)11-4-3-5-12(13)6-11/h3-6,9,15H,2,7-8H2,1H3. The van der Waals surface area contributed by atoms with E-state index in [0.29, 0.717) is 17.5 Å². The Labute approximate surface area is 105 Å². The Morgan fingerprint density at radius 1 is 1.60 bits per heavy atom. The van der Waals surface area contributed by atoms with E-state index in [1.165, 1.54) is 5.56 Å². The van der Waals surface area contributed by atoms with Gasteiger partial charge in [0.25, 0.3) is 0 Å². The van der Waals surface area contributed by atoms with Gasteiger partial charge in [-0.1, -0.05) is 53.2 Å². The summed E-state index contributed by atoms with van der Waals surface area (Å²) in [5.41, 5.74) is 1.32. The lowest BCUT2D eigenvalue weighted by Crippen LogP contribution is -2.21. The van der Waals surface area contributed by atoms with Crippen LogP contribution < -0.4 is 5.32 Å². The fourth-order valence-corrected chi connectivity index (χ4v) is 1.87. The third-order valence-electron chi connectivity index (χ3n) is 2.19. The molecule has 1 aromatic rings. The maximum absolute atomic E-state index is 5.67. The predicted octanol–water partition coefficient (Wildman–Crippen LogP) is 3.89. The second-order valence-electron chi connectivity index (χ2n) is 3.60. The molecule has 0 spiro atoms. The fourth-order valence-electron chi connectivity index (χ4n) is 1.36. The highest BCUT2D eigenvalue weighted by Gasteiger charge is 2.04. The summed E-state index contributed by atoms with van der Waals surface area (Å²) < 4.78 is 1.12. The van der Waals surface area contributed by atoms with Gasteiger partial charge in [-0.3, -0.25) is 0 Å². The Hall–Kier alpha value is -0.310. The van der Waals surface area contributed by atoms with Gasteiger partial charge in [0.2, 0.25) is 0 Å². The van der Waals surface area contributed by atoms with Crippen LogP contribution in [0.4, 0.5) is 0 Å². The van der Waals surface area contributed by atoms with Gasteiger partial charge in [-0.2, -0.15) is 0 Å². The molecule has 1 rings (SSSR count). The monoisotopic (exact) mass is 287 g/mol. The highest BCUT2D eigenvalue weighted by atomic mass is 79.9. The van der Waals surface area contributed by atoms with Crippen molar-refractivity contribution in [3.63, 3.8) is 0 Å². The summed E-state index contributed by atoms with van der Waals surface area (Å²) in [5, 5.41) is 3.91. The van der Waals surface area contributed by atoms with E-state index in [-0.39, 0.29) is 0 Å². The van der Waals surface area contributed by atoms with Gasteiger partial charge in [0.05, 0.1) is 0 Å². The van der Waals surface area contributed by atoms with Crippen molar-refractivity contribution in [1.82, 2.24) is 5.32 Å². The van der Waals surface area contributed by atoms with Gasteiger partial charge in [0, 0.05) is 22.6 Å². The van der Waals surface area contributed by atoms with Gasteiger partial charge in [0.1, 0.15) is 0 Å². The second kappa shape index (κ2) is 6.31. The Balaban J connectivity index is 2.46. The number of hydrogen-bond acceptors (Lipinski definition) is 1. The Kier molecular flexibility index (Phi) is 5.37. The summed E-state index contributed by atoms with van der Waals surface area (Å²) in [5.74, 6) is 0.471. The number of benzene rings is 1. The second-order valence-corrected chi connectivity index (χ2v) is 5.05. The molecule has 1 unspecified atom stereocenters. The van der Waals surface area contributed by atoms with E-state index in [1.807, 2.05) is 6.07 Å². The van der Waals surface area contributed by atoms with Gasteiger partial charge in [-0.25, -0.2) is 0 Å². The molecule has 1 nitrogen and oxygen atoms in total. The van der Waals surface area contributed by atoms with Crippen molar-refractivity contribution in [3.05, 3.63) is 45.9 Å². The van der Waals surface area contributed by atoms with Crippen LogP contribution in [0.3, 0.4) is 0 Å². The molecule has 1 N–H and O–H groups in total. The van der Waals surface area contributed by atoms with E-state index in [2.05, 4.69) is 52.9 Å². The summed E-state index contributed by atoms with van der Waals surface area (Å²) in [6, 6.07) is 8.36. The van der Waals surface area contributed by atoms with Crippen molar-refractivity contribution in [3.8, 4) is 0 Å². The molecular weight excluding hydrogens is 273 g/mol. The first-order valence-electron chi connectivity index (χ1n) is 4.89. The topological polar surface area (TPSA) is 12.0 Å². The predicted molar refractivity (Wildman–Crippen MR) is 70.4 cm³/mol. The van der Waals surface area contributed by atoms with Gasteiger partial charge in [0.15, 0.2) is 0 Å². The van der Waals surface area contributed by atoms with Crippen molar-refractivity contribution >= 4 is 27.5 Å². The van der Waals surface area contributed by atoms with Gasteiger partial charge < -0.3 is 5.32 Å². The Morgan fingerprint density at radius 2 is 2.33 bits per heavy atom. The van der Waals surface area contributed by atoms with E-state index in [1.54, 1.807) is 0 Å². The molecule has 0 bridgehead atoms. The summed E-state index contributed by atoms with van der Waals surface area (Å²) in [6.07, 6.45) is 0. The SMILES string of the molecule is C=C(Cl)CNCC(C)c1cccc(Br)c1. The molecule has 3 heteroatoms. The van der Waals surface area contributed by atoms with E-state index >= 15 is 0 Å². The summed E-state index contributed by atoms with van der Waals surface area (Å²) in [6.45, 7) is 7.39. The highest BCUT2D eigenvalue weighted by molar-refractivity contribution is 9.10. The first-order valence-corrected chi connectivity index (χ1v) is 6.06. The van der Waals surface area contributed by atoms with Crippen molar-refractivity contribution < 1.29 is 0 Å². The zero-order valence-electron chi connectivity index (χ0n) is 8.76. The van der Waals surface area contributed by atoms with E-state index in [4.69, 9.17) is 11.6 Å². The van der Waals surface area contributed by atoms with Gasteiger partial charge >= 0.3 is 0 Å². The van der Waals surface area contributed by atoms with Crippen LogP contribution in [0, 0.1) is 0 Å². The van der Waals surface area contributed by atoms with Gasteiger partial charge in [-0.15, -0.1) is 0 Å². The van der Waals surface area contributed by atoms with Crippen LogP contribution in [0.5, 0.6) is 0 Å². The molecule has 0 aliphatic heterocycles. The molecule has 0 amide bonds. The Morgan fingerprint density at radius 3 is 2.93 bits per heavy atom. The van der Waals surface area contributed by atoms with Crippen LogP contribution in [0.1, 0.15) is 18.4 Å². The molecule has 82 valence electrons. The number of rotatable bonds is 5. The third-order valence-corrected chi connectivity index (χ3v) is 2.81. The summed E-state index contributed by atoms with van der Waals surface area (Å²) in [4.78, 5) is 0. The minimum Gasteiger partial charge on any atom is -0.311 e. The molecule has 15 heavy (non-hydrogen) atoms. The lowest BCUT2D eigenvalue weighted by Gasteiger charge is -2.13. The van der Waals surface area contributed by atoms with Crippen LogP contribution in [-0.4, -0.2) is 13.1 Å². The molecule has 1 atom stereocenters. The normalized spacial score (nSPS) is 12.5. The number of halogens is 2. The largest absolute Gasteiger partial charge is 0.311 e. The quantitative estimate of drug-likeness (QED) is 0.866. The van der Waals surface area contributed by atoms with Crippen molar-refractivity contribution in [2.24, 2.45) is 0 Å². The third kappa shape index (κ3) is 4.83. The average Bonchev–Trinajstić information content (AvgIpc) is 2.17. The van der Waals surface area contributed by atoms with Crippen LogP contribution in [0.2, 0.25) is 0 Å². The number of hydrogen-bond donors (Lipinski definition) is 1. The molecule has 0 radical (unpaired) electrons. The molecule has 1 aromatic carbocycles. The molecule has 0 aliphatic rings. The van der Waals surface area contributed by atoms with Crippen molar-refractivity contribution in [2.75, 3.05) is 13.1 Å². The van der Waals surface area contributed by atoms with Crippen molar-refractivity contribution in [1.29, 1.82) is 0 Å². The van der Waals surface area contributed by atoms with Crippen LogP contribution >= 0.6 is 27.5 Å². The molecule has 0 saturated carbocycles. The molecule has 0 fully saturated rings. The van der Waals surface area contributed by atoms with E-state index in [9.17, 15) is 0 Å². The Bertz CT molecular complexity index is 338. The molecule has 0 heterocycles. The van der Waals surface area contributed by atoms with Crippen LogP contribution in [0.15, 0.2) is 40.3 Å². The first kappa shape index (κ1) is 12.8. The summed E-state index contributed by atoms with van der Waals surface area (Å²) >= 11 is 9.13. The van der Waals surface area contributed by atoms with E-state index < -0.39 is 0 Å². The van der Waals surface area contributed by atoms with Gasteiger partial charge in [-0.05, 0) is 23.6 Å². The lowest BCUT2D eigenvalue weighted by atomic mass is 10.0. The summed E-state index contributed by atoms with van der Waals surface area (Å²) in [7, 11) is 0. The first-order chi connectivity index (χ1) is 7.09. The highest BCUT2D eigenvalue weighted by Crippen LogP contribution is 2.18. The van der Waals surface area contributed by atoms with E-state index in [0.717, 1.165) is 11.0 Å². The zero-order valence-corrected chi connectivity index (χ0v) is 11.1. The lowest BCUT2D eigenvalue weighted by molar-refractivity contribution is 0.648. The minimum atomic E-state index is 0.471. The van der Waals surface area contributed by atoms with Crippen LogP contribution in [-0.2, 0) is 0 Å². The minimum absolute atomic E-state index is 0.471. The average molecular weight is 289 g/mol. The molecule has 0 aliphatic carbocycles. The van der Waals surface area contributed by atoms with Crippen molar-refractivity contribution in [2.45, 2.75) is 12.8 Å². The fraction of sp³-hybridized carbons (Fsp3) is 0.333. The van der Waals surface area contributed by atoms with Crippen LogP contribution in [0.25, 0.3) is 0 Å². The molecule has 0 aromatic heterocycles. The molecular formula is C12H15BrClN. The smallest absolute Gasteiger partial charge is 0.0307 e. The number of nitrogens with one attached hydrogen (secondary N) is 1. The maximum Gasteiger partial charge on any atom is 0.0307 e. The molecule has 0 saturated heterocycles.